The van der Waals surface area contributed by atoms with Crippen LogP contribution in [0.5, 0.6) is 0 Å². The summed E-state index contributed by atoms with van der Waals surface area (Å²) in [5, 5.41) is -0.0873. The first-order chi connectivity index (χ1) is 7.93. The zero-order valence-electron chi connectivity index (χ0n) is 9.39. The average molecular weight is 273 g/mol. The van der Waals surface area contributed by atoms with E-state index in [-0.39, 0.29) is 10.7 Å². The molecule has 2 unspecified atom stereocenters. The van der Waals surface area contributed by atoms with Gasteiger partial charge in [0.05, 0.1) is 10.1 Å². The highest BCUT2D eigenvalue weighted by Crippen LogP contribution is 2.32. The summed E-state index contributed by atoms with van der Waals surface area (Å²) in [6, 6.07) is 6.09. The second kappa shape index (κ2) is 4.42. The Morgan fingerprint density at radius 1 is 1.24 bits per heavy atom. The van der Waals surface area contributed by atoms with Gasteiger partial charge in [0, 0.05) is 17.4 Å². The number of halogens is 1. The summed E-state index contributed by atoms with van der Waals surface area (Å²) in [5.41, 5.74) is 0. The van der Waals surface area contributed by atoms with Gasteiger partial charge in [-0.05, 0) is 30.7 Å². The molecule has 0 aliphatic heterocycles. The van der Waals surface area contributed by atoms with Gasteiger partial charge in [-0.3, -0.25) is 4.79 Å². The summed E-state index contributed by atoms with van der Waals surface area (Å²) in [5.74, 6) is -0.372. The third-order valence-corrected chi connectivity index (χ3v) is 5.90. The van der Waals surface area contributed by atoms with E-state index in [2.05, 4.69) is 0 Å². The fourth-order valence-electron chi connectivity index (χ4n) is 2.19. The number of ketones is 1. The van der Waals surface area contributed by atoms with Crippen LogP contribution in [0.2, 0.25) is 5.02 Å². The molecule has 92 valence electrons. The van der Waals surface area contributed by atoms with E-state index >= 15 is 0 Å². The van der Waals surface area contributed by atoms with Crippen LogP contribution in [0.25, 0.3) is 0 Å². The molecule has 1 saturated carbocycles. The van der Waals surface area contributed by atoms with Crippen LogP contribution >= 0.6 is 11.6 Å². The maximum atomic E-state index is 12.3. The Balaban J connectivity index is 2.37. The number of rotatable bonds is 2. The monoisotopic (exact) mass is 272 g/mol. The molecule has 2 rings (SSSR count). The summed E-state index contributed by atoms with van der Waals surface area (Å²) in [7, 11) is -3.42. The van der Waals surface area contributed by atoms with Crippen molar-refractivity contribution in [2.75, 3.05) is 0 Å². The van der Waals surface area contributed by atoms with Crippen LogP contribution in [0.4, 0.5) is 0 Å². The molecule has 0 N–H and O–H groups in total. The fourth-order valence-corrected chi connectivity index (χ4v) is 4.30. The Kier molecular flexibility index (Phi) is 3.27. The molecule has 1 aliphatic carbocycles. The van der Waals surface area contributed by atoms with Crippen LogP contribution in [-0.4, -0.2) is 19.5 Å². The Bertz CT molecular complexity index is 533. The van der Waals surface area contributed by atoms with Gasteiger partial charge in [-0.2, -0.15) is 0 Å². The highest BCUT2D eigenvalue weighted by atomic mass is 35.5. The van der Waals surface area contributed by atoms with E-state index in [0.717, 1.165) is 0 Å². The van der Waals surface area contributed by atoms with Gasteiger partial charge < -0.3 is 0 Å². The van der Waals surface area contributed by atoms with Crippen molar-refractivity contribution in [1.29, 1.82) is 0 Å². The van der Waals surface area contributed by atoms with E-state index in [4.69, 9.17) is 11.6 Å². The van der Waals surface area contributed by atoms with Crippen molar-refractivity contribution < 1.29 is 13.2 Å². The second-order valence-corrected chi connectivity index (χ2v) is 6.93. The smallest absolute Gasteiger partial charge is 0.181 e. The fraction of sp³-hybridized carbons (Fsp3) is 0.417. The van der Waals surface area contributed by atoms with Crippen LogP contribution in [0.15, 0.2) is 29.2 Å². The zero-order chi connectivity index (χ0) is 12.6. The molecule has 2 atom stereocenters. The summed E-state index contributed by atoms with van der Waals surface area (Å²) >= 11 is 5.72. The summed E-state index contributed by atoms with van der Waals surface area (Å²) in [6.07, 6.45) is 0.781. The molecule has 0 saturated heterocycles. The number of hydrogen-bond acceptors (Lipinski definition) is 3. The molecule has 0 bridgehead atoms. The summed E-state index contributed by atoms with van der Waals surface area (Å²) in [4.78, 5) is 11.7. The van der Waals surface area contributed by atoms with Crippen LogP contribution < -0.4 is 0 Å². The van der Waals surface area contributed by atoms with Crippen LogP contribution in [0.3, 0.4) is 0 Å². The molecule has 0 spiro atoms. The lowest BCUT2D eigenvalue weighted by atomic mass is 10.1. The molecule has 17 heavy (non-hydrogen) atoms. The maximum Gasteiger partial charge on any atom is 0.181 e. The molecule has 1 aromatic rings. The first kappa shape index (κ1) is 12.6. The van der Waals surface area contributed by atoms with E-state index in [1.807, 2.05) is 0 Å². The van der Waals surface area contributed by atoms with Crippen molar-refractivity contribution in [3.05, 3.63) is 29.3 Å². The number of hydrogen-bond donors (Lipinski definition) is 0. The Morgan fingerprint density at radius 2 is 1.82 bits per heavy atom. The maximum absolute atomic E-state index is 12.3. The topological polar surface area (TPSA) is 51.2 Å². The van der Waals surface area contributed by atoms with Crippen molar-refractivity contribution >= 4 is 27.2 Å². The first-order valence-corrected chi connectivity index (χ1v) is 7.37. The number of benzene rings is 1. The molecular formula is C12H13ClO3S. The molecule has 5 heteroatoms. The summed E-state index contributed by atoms with van der Waals surface area (Å²) in [6.45, 7) is 1.69. The molecular weight excluding hydrogens is 260 g/mol. The van der Waals surface area contributed by atoms with Crippen molar-refractivity contribution in [2.24, 2.45) is 5.92 Å². The van der Waals surface area contributed by atoms with Crippen molar-refractivity contribution in [3.63, 3.8) is 0 Å². The van der Waals surface area contributed by atoms with Crippen molar-refractivity contribution in [3.8, 4) is 0 Å². The minimum Gasteiger partial charge on any atom is -0.299 e. The summed E-state index contributed by atoms with van der Waals surface area (Å²) < 4.78 is 24.6. The SMILES string of the molecule is CC1C(=O)CCC1S(=O)(=O)c1ccc(Cl)cc1. The van der Waals surface area contributed by atoms with Gasteiger partial charge in [0.25, 0.3) is 0 Å². The zero-order valence-corrected chi connectivity index (χ0v) is 11.0. The molecule has 3 nitrogen and oxygen atoms in total. The van der Waals surface area contributed by atoms with Crippen molar-refractivity contribution in [2.45, 2.75) is 29.9 Å². The first-order valence-electron chi connectivity index (χ1n) is 5.45. The molecule has 0 heterocycles. The van der Waals surface area contributed by atoms with Gasteiger partial charge in [-0.25, -0.2) is 8.42 Å². The highest BCUT2D eigenvalue weighted by Gasteiger charge is 2.40. The minimum atomic E-state index is -3.42. The van der Waals surface area contributed by atoms with Gasteiger partial charge >= 0.3 is 0 Å². The third-order valence-electron chi connectivity index (χ3n) is 3.28. The number of sulfone groups is 1. The lowest BCUT2D eigenvalue weighted by Gasteiger charge is -2.15. The van der Waals surface area contributed by atoms with E-state index in [9.17, 15) is 13.2 Å². The normalized spacial score (nSPS) is 25.2. The van der Waals surface area contributed by atoms with Crippen molar-refractivity contribution in [1.82, 2.24) is 0 Å². The molecule has 1 fully saturated rings. The Labute approximate surface area is 106 Å². The van der Waals surface area contributed by atoms with E-state index in [1.165, 1.54) is 12.1 Å². The van der Waals surface area contributed by atoms with E-state index in [0.29, 0.717) is 17.9 Å². The Hall–Kier alpha value is -0.870. The number of carbonyl (C=O) groups excluding carboxylic acids is 1. The quantitative estimate of drug-likeness (QED) is 0.831. The van der Waals surface area contributed by atoms with Gasteiger partial charge in [-0.1, -0.05) is 18.5 Å². The second-order valence-electron chi connectivity index (χ2n) is 4.33. The average Bonchev–Trinajstić information content (AvgIpc) is 2.61. The largest absolute Gasteiger partial charge is 0.299 e. The predicted octanol–water partition coefficient (Wildman–Crippen LogP) is 2.48. The molecule has 1 aromatic carbocycles. The molecule has 0 amide bonds. The van der Waals surface area contributed by atoms with Gasteiger partial charge in [0.2, 0.25) is 0 Å². The van der Waals surface area contributed by atoms with E-state index < -0.39 is 21.0 Å². The lowest BCUT2D eigenvalue weighted by molar-refractivity contribution is -0.120. The highest BCUT2D eigenvalue weighted by molar-refractivity contribution is 7.92. The Morgan fingerprint density at radius 3 is 2.29 bits per heavy atom. The van der Waals surface area contributed by atoms with Crippen LogP contribution in [0, 0.1) is 5.92 Å². The molecule has 0 radical (unpaired) electrons. The number of carbonyl (C=O) groups is 1. The lowest BCUT2D eigenvalue weighted by Crippen LogP contribution is -2.26. The molecule has 0 aromatic heterocycles. The predicted molar refractivity (Wildman–Crippen MR) is 65.8 cm³/mol. The van der Waals surface area contributed by atoms with Crippen LogP contribution in [-0.2, 0) is 14.6 Å². The van der Waals surface area contributed by atoms with E-state index in [1.54, 1.807) is 19.1 Å². The third kappa shape index (κ3) is 2.24. The number of Topliss-reactive ketones (excluding diaryl/α,β-unsaturated/α-hetero) is 1. The van der Waals surface area contributed by atoms with Gasteiger partial charge in [0.1, 0.15) is 5.78 Å². The van der Waals surface area contributed by atoms with Crippen LogP contribution in [0.1, 0.15) is 19.8 Å². The van der Waals surface area contributed by atoms with Gasteiger partial charge in [0.15, 0.2) is 9.84 Å². The minimum absolute atomic E-state index is 0.0348. The standard InChI is InChI=1S/C12H13ClO3S/c1-8-11(14)6-7-12(8)17(15,16)10-4-2-9(13)3-5-10/h2-5,8,12H,6-7H2,1H3. The molecule has 1 aliphatic rings. The van der Waals surface area contributed by atoms with Gasteiger partial charge in [-0.15, -0.1) is 0 Å².